The zero-order chi connectivity index (χ0) is 10.1. The topological polar surface area (TPSA) is 29.3 Å². The maximum absolute atomic E-state index is 6.08. The van der Waals surface area contributed by atoms with Crippen molar-refractivity contribution in [1.82, 2.24) is 4.90 Å². The van der Waals surface area contributed by atoms with E-state index in [0.29, 0.717) is 17.5 Å². The number of likely N-dealkylation sites (tertiary alicyclic amines) is 1. The van der Waals surface area contributed by atoms with Crippen molar-refractivity contribution in [2.45, 2.75) is 52.1 Å². The van der Waals surface area contributed by atoms with Crippen LogP contribution in [0.15, 0.2) is 0 Å². The predicted octanol–water partition coefficient (Wildman–Crippen LogP) is 1.84. The zero-order valence-corrected chi connectivity index (χ0v) is 9.51. The van der Waals surface area contributed by atoms with E-state index in [2.05, 4.69) is 32.6 Å². The van der Waals surface area contributed by atoms with Crippen molar-refractivity contribution in [2.75, 3.05) is 13.1 Å². The van der Waals surface area contributed by atoms with Crippen LogP contribution in [0.5, 0.6) is 0 Å². The third kappa shape index (κ3) is 2.68. The summed E-state index contributed by atoms with van der Waals surface area (Å²) >= 11 is 0. The molecule has 0 aromatic rings. The minimum atomic E-state index is 0.331. The minimum absolute atomic E-state index is 0.331. The lowest BCUT2D eigenvalue weighted by atomic mass is 9.99. The highest BCUT2D eigenvalue weighted by molar-refractivity contribution is 4.89. The lowest BCUT2D eigenvalue weighted by Gasteiger charge is -2.34. The molecule has 1 heterocycles. The first-order valence-electron chi connectivity index (χ1n) is 5.44. The van der Waals surface area contributed by atoms with Gasteiger partial charge in [-0.05, 0) is 39.2 Å². The molecular weight excluding hydrogens is 160 g/mol. The van der Waals surface area contributed by atoms with Crippen LogP contribution < -0.4 is 5.73 Å². The summed E-state index contributed by atoms with van der Waals surface area (Å²) in [6.07, 6.45) is 2.65. The van der Waals surface area contributed by atoms with E-state index in [-0.39, 0.29) is 0 Å². The van der Waals surface area contributed by atoms with Crippen LogP contribution in [0.4, 0.5) is 0 Å². The van der Waals surface area contributed by atoms with Crippen LogP contribution in [0.1, 0.15) is 40.5 Å². The van der Waals surface area contributed by atoms with Gasteiger partial charge >= 0.3 is 0 Å². The molecule has 1 fully saturated rings. The second kappa shape index (κ2) is 3.97. The molecule has 13 heavy (non-hydrogen) atoms. The van der Waals surface area contributed by atoms with Crippen molar-refractivity contribution >= 4 is 0 Å². The smallest absolute Gasteiger partial charge is 0.0191 e. The molecule has 0 aromatic carbocycles. The average molecular weight is 184 g/mol. The van der Waals surface area contributed by atoms with Gasteiger partial charge in [-0.3, -0.25) is 4.90 Å². The Morgan fingerprint density at radius 2 is 2.00 bits per heavy atom. The van der Waals surface area contributed by atoms with Crippen molar-refractivity contribution in [2.24, 2.45) is 11.7 Å². The second-order valence-electron chi connectivity index (χ2n) is 5.27. The fourth-order valence-electron chi connectivity index (χ4n) is 1.97. The zero-order valence-electron chi connectivity index (χ0n) is 9.51. The SMILES string of the molecule is CC(C)[C@H](N)CN1CCCC1(C)C. The van der Waals surface area contributed by atoms with Crippen LogP contribution in [0.2, 0.25) is 0 Å². The van der Waals surface area contributed by atoms with Crippen molar-refractivity contribution in [3.8, 4) is 0 Å². The molecule has 0 saturated carbocycles. The van der Waals surface area contributed by atoms with Gasteiger partial charge in [0.05, 0.1) is 0 Å². The van der Waals surface area contributed by atoms with E-state index in [1.54, 1.807) is 0 Å². The highest BCUT2D eigenvalue weighted by Gasteiger charge is 2.32. The summed E-state index contributed by atoms with van der Waals surface area (Å²) < 4.78 is 0. The molecule has 2 N–H and O–H groups in total. The molecular formula is C11H24N2. The number of hydrogen-bond acceptors (Lipinski definition) is 2. The van der Waals surface area contributed by atoms with Crippen LogP contribution in [-0.2, 0) is 0 Å². The third-order valence-electron chi connectivity index (χ3n) is 3.36. The fourth-order valence-corrected chi connectivity index (χ4v) is 1.97. The first kappa shape index (κ1) is 11.0. The number of nitrogens with two attached hydrogens (primary N) is 1. The molecule has 1 aliphatic heterocycles. The Balaban J connectivity index is 2.45. The van der Waals surface area contributed by atoms with Gasteiger partial charge in [0.2, 0.25) is 0 Å². The molecule has 0 bridgehead atoms. The van der Waals surface area contributed by atoms with Gasteiger partial charge in [-0.1, -0.05) is 13.8 Å². The Bertz CT molecular complexity index is 163. The molecule has 0 spiro atoms. The van der Waals surface area contributed by atoms with Crippen molar-refractivity contribution < 1.29 is 0 Å². The first-order valence-corrected chi connectivity index (χ1v) is 5.44. The molecule has 0 aliphatic carbocycles. The number of rotatable bonds is 3. The number of nitrogens with zero attached hydrogens (tertiary/aromatic N) is 1. The standard InChI is InChI=1S/C11H24N2/c1-9(2)10(12)8-13-7-5-6-11(13,3)4/h9-10H,5-8,12H2,1-4H3/t10-/m1/s1. The van der Waals surface area contributed by atoms with Gasteiger partial charge in [-0.15, -0.1) is 0 Å². The van der Waals surface area contributed by atoms with E-state index in [9.17, 15) is 0 Å². The van der Waals surface area contributed by atoms with Gasteiger partial charge in [0.15, 0.2) is 0 Å². The van der Waals surface area contributed by atoms with Crippen LogP contribution in [-0.4, -0.2) is 29.6 Å². The summed E-state index contributed by atoms with van der Waals surface area (Å²) in [5, 5.41) is 0. The Hall–Kier alpha value is -0.0800. The third-order valence-corrected chi connectivity index (χ3v) is 3.36. The second-order valence-corrected chi connectivity index (χ2v) is 5.27. The maximum atomic E-state index is 6.08. The van der Waals surface area contributed by atoms with Gasteiger partial charge in [-0.25, -0.2) is 0 Å². The Morgan fingerprint density at radius 1 is 1.38 bits per heavy atom. The van der Waals surface area contributed by atoms with Gasteiger partial charge in [0.1, 0.15) is 0 Å². The predicted molar refractivity (Wildman–Crippen MR) is 57.7 cm³/mol. The minimum Gasteiger partial charge on any atom is -0.326 e. The summed E-state index contributed by atoms with van der Waals surface area (Å²) in [5.41, 5.74) is 6.46. The average Bonchev–Trinajstić information content (AvgIpc) is 2.30. The van der Waals surface area contributed by atoms with E-state index < -0.39 is 0 Å². The maximum Gasteiger partial charge on any atom is 0.0191 e. The Labute approximate surface area is 82.5 Å². The van der Waals surface area contributed by atoms with Gasteiger partial charge < -0.3 is 5.73 Å². The molecule has 78 valence electrons. The highest BCUT2D eigenvalue weighted by Crippen LogP contribution is 2.28. The van der Waals surface area contributed by atoms with Crippen LogP contribution in [0.3, 0.4) is 0 Å². The fraction of sp³-hybridized carbons (Fsp3) is 1.00. The van der Waals surface area contributed by atoms with E-state index in [1.807, 2.05) is 0 Å². The van der Waals surface area contributed by atoms with Gasteiger partial charge in [-0.2, -0.15) is 0 Å². The Morgan fingerprint density at radius 3 is 2.38 bits per heavy atom. The summed E-state index contributed by atoms with van der Waals surface area (Å²) in [6, 6.07) is 0.331. The quantitative estimate of drug-likeness (QED) is 0.725. The lowest BCUT2D eigenvalue weighted by Crippen LogP contribution is -2.47. The molecule has 1 saturated heterocycles. The normalized spacial score (nSPS) is 25.4. The molecule has 0 radical (unpaired) electrons. The molecule has 2 nitrogen and oxygen atoms in total. The molecule has 1 atom stereocenters. The molecule has 0 unspecified atom stereocenters. The van der Waals surface area contributed by atoms with Crippen LogP contribution in [0, 0.1) is 5.92 Å². The molecule has 1 aliphatic rings. The Kier molecular flexibility index (Phi) is 3.36. The largest absolute Gasteiger partial charge is 0.326 e. The van der Waals surface area contributed by atoms with Crippen LogP contribution >= 0.6 is 0 Å². The summed E-state index contributed by atoms with van der Waals surface area (Å²) in [7, 11) is 0. The molecule has 0 aromatic heterocycles. The summed E-state index contributed by atoms with van der Waals surface area (Å²) in [5.74, 6) is 0.594. The van der Waals surface area contributed by atoms with E-state index in [4.69, 9.17) is 5.73 Å². The van der Waals surface area contributed by atoms with Crippen molar-refractivity contribution in [1.29, 1.82) is 0 Å². The molecule has 0 amide bonds. The molecule has 1 rings (SSSR count). The summed E-state index contributed by atoms with van der Waals surface area (Å²) in [4.78, 5) is 2.54. The molecule has 2 heteroatoms. The monoisotopic (exact) mass is 184 g/mol. The van der Waals surface area contributed by atoms with Crippen LogP contribution in [0.25, 0.3) is 0 Å². The summed E-state index contributed by atoms with van der Waals surface area (Å²) in [6.45, 7) is 11.3. The van der Waals surface area contributed by atoms with Crippen molar-refractivity contribution in [3.63, 3.8) is 0 Å². The van der Waals surface area contributed by atoms with Gasteiger partial charge in [0.25, 0.3) is 0 Å². The van der Waals surface area contributed by atoms with E-state index >= 15 is 0 Å². The first-order chi connectivity index (χ1) is 5.93. The highest BCUT2D eigenvalue weighted by atomic mass is 15.2. The lowest BCUT2D eigenvalue weighted by molar-refractivity contribution is 0.155. The van der Waals surface area contributed by atoms with E-state index in [0.717, 1.165) is 6.54 Å². The number of hydrogen-bond donors (Lipinski definition) is 1. The van der Waals surface area contributed by atoms with Crippen molar-refractivity contribution in [3.05, 3.63) is 0 Å². The van der Waals surface area contributed by atoms with Gasteiger partial charge in [0, 0.05) is 18.1 Å². The van der Waals surface area contributed by atoms with E-state index in [1.165, 1.54) is 19.4 Å².